The number of carbonyl (C=O) groups is 1. The monoisotopic (exact) mass is 297 g/mol. The molecule has 0 saturated carbocycles. The molecule has 0 radical (unpaired) electrons. The summed E-state index contributed by atoms with van der Waals surface area (Å²) >= 11 is 9.02. The van der Waals surface area contributed by atoms with Crippen molar-refractivity contribution in [3.05, 3.63) is 41.0 Å². The lowest BCUT2D eigenvalue weighted by Gasteiger charge is -2.02. The van der Waals surface area contributed by atoms with E-state index >= 15 is 0 Å². The van der Waals surface area contributed by atoms with Crippen molar-refractivity contribution in [1.82, 2.24) is 4.98 Å². The molecule has 0 N–H and O–H groups in total. The second-order valence-electron chi connectivity index (χ2n) is 3.53. The fourth-order valence-electron chi connectivity index (χ4n) is 1.54. The minimum absolute atomic E-state index is 0.161. The van der Waals surface area contributed by atoms with Crippen LogP contribution >= 0.6 is 27.5 Å². The summed E-state index contributed by atoms with van der Waals surface area (Å²) < 4.78 is 0. The maximum Gasteiger partial charge on any atom is 0.147 e. The van der Waals surface area contributed by atoms with Crippen LogP contribution in [0.4, 0.5) is 0 Å². The molecule has 0 aliphatic rings. The van der Waals surface area contributed by atoms with Gasteiger partial charge in [-0.05, 0) is 23.8 Å². The van der Waals surface area contributed by atoms with E-state index < -0.39 is 0 Å². The lowest BCUT2D eigenvalue weighted by atomic mass is 10.1. The molecule has 1 aromatic carbocycles. The van der Waals surface area contributed by atoms with Gasteiger partial charge in [-0.25, -0.2) is 0 Å². The lowest BCUT2D eigenvalue weighted by molar-refractivity contribution is -0.115. The van der Waals surface area contributed by atoms with Crippen LogP contribution in [0.3, 0.4) is 0 Å². The molecule has 2 rings (SSSR count). The highest BCUT2D eigenvalue weighted by molar-refractivity contribution is 9.09. The normalized spacial score (nSPS) is 10.6. The Kier molecular flexibility index (Phi) is 3.56. The number of pyridine rings is 1. The summed E-state index contributed by atoms with van der Waals surface area (Å²) in [7, 11) is 0. The summed E-state index contributed by atoms with van der Waals surface area (Å²) in [5, 5.41) is 1.96. The number of hydrogen-bond acceptors (Lipinski definition) is 2. The molecule has 0 bridgehead atoms. The Balaban J connectivity index is 2.39. The molecule has 0 aliphatic heterocycles. The van der Waals surface area contributed by atoms with Crippen molar-refractivity contribution in [3.63, 3.8) is 0 Å². The van der Waals surface area contributed by atoms with E-state index in [0.717, 1.165) is 16.5 Å². The molecule has 82 valence electrons. The van der Waals surface area contributed by atoms with Gasteiger partial charge in [0.2, 0.25) is 0 Å². The second-order valence-corrected chi connectivity index (χ2v) is 4.53. The highest BCUT2D eigenvalue weighted by Gasteiger charge is 2.03. The maximum absolute atomic E-state index is 11.3. The number of hydrogen-bond donors (Lipinski definition) is 0. The summed E-state index contributed by atoms with van der Waals surface area (Å²) in [6.07, 6.45) is 2.06. The third-order valence-corrected chi connectivity index (χ3v) is 3.09. The van der Waals surface area contributed by atoms with Gasteiger partial charge in [0.25, 0.3) is 0 Å². The molecule has 0 atom stereocenters. The Bertz CT molecular complexity index is 542. The second kappa shape index (κ2) is 4.93. The van der Waals surface area contributed by atoms with Gasteiger partial charge in [-0.15, -0.1) is 0 Å². The first-order valence-corrected chi connectivity index (χ1v) is 6.31. The van der Waals surface area contributed by atoms with E-state index in [2.05, 4.69) is 20.9 Å². The van der Waals surface area contributed by atoms with Crippen LogP contribution < -0.4 is 0 Å². The van der Waals surface area contributed by atoms with E-state index in [4.69, 9.17) is 11.6 Å². The Hall–Kier alpha value is -0.930. The zero-order valence-electron chi connectivity index (χ0n) is 8.41. The molecule has 2 aromatic rings. The minimum Gasteiger partial charge on any atom is -0.298 e. The Morgan fingerprint density at radius 1 is 1.38 bits per heavy atom. The molecule has 16 heavy (non-hydrogen) atoms. The van der Waals surface area contributed by atoms with Crippen LogP contribution in [0.1, 0.15) is 5.56 Å². The highest BCUT2D eigenvalue weighted by Crippen LogP contribution is 2.18. The van der Waals surface area contributed by atoms with Gasteiger partial charge < -0.3 is 0 Å². The fraction of sp³-hybridized carbons (Fsp3) is 0.167. The van der Waals surface area contributed by atoms with Gasteiger partial charge in [0.15, 0.2) is 0 Å². The predicted molar refractivity (Wildman–Crippen MR) is 69.3 cm³/mol. The molecular weight excluding hydrogens is 289 g/mol. The Morgan fingerprint density at radius 3 is 2.94 bits per heavy atom. The molecule has 1 aromatic heterocycles. The lowest BCUT2D eigenvalue weighted by Crippen LogP contribution is -2.03. The van der Waals surface area contributed by atoms with Gasteiger partial charge in [0.05, 0.1) is 15.9 Å². The van der Waals surface area contributed by atoms with E-state index in [1.54, 1.807) is 6.20 Å². The van der Waals surface area contributed by atoms with Crippen LogP contribution in [0.5, 0.6) is 0 Å². The predicted octanol–water partition coefficient (Wildman–Crippen LogP) is 3.39. The smallest absolute Gasteiger partial charge is 0.147 e. The summed E-state index contributed by atoms with van der Waals surface area (Å²) in [5.41, 5.74) is 1.88. The summed E-state index contributed by atoms with van der Waals surface area (Å²) in [6.45, 7) is 0. The highest BCUT2D eigenvalue weighted by atomic mass is 79.9. The van der Waals surface area contributed by atoms with E-state index in [9.17, 15) is 4.79 Å². The number of halogens is 2. The van der Waals surface area contributed by atoms with Crippen molar-refractivity contribution in [2.45, 2.75) is 6.42 Å². The third kappa shape index (κ3) is 2.60. The van der Waals surface area contributed by atoms with Gasteiger partial charge in [-0.3, -0.25) is 9.78 Å². The maximum atomic E-state index is 11.3. The average Bonchev–Trinajstić information content (AvgIpc) is 2.28. The number of carbonyl (C=O) groups excluding carboxylic acids is 1. The topological polar surface area (TPSA) is 30.0 Å². The van der Waals surface area contributed by atoms with Gasteiger partial charge >= 0.3 is 0 Å². The number of rotatable bonds is 3. The van der Waals surface area contributed by atoms with E-state index in [-0.39, 0.29) is 5.78 Å². The first-order valence-electron chi connectivity index (χ1n) is 4.81. The fourth-order valence-corrected chi connectivity index (χ4v) is 1.90. The van der Waals surface area contributed by atoms with E-state index in [1.807, 2.05) is 24.3 Å². The average molecular weight is 299 g/mol. The third-order valence-electron chi connectivity index (χ3n) is 2.26. The molecule has 0 amide bonds. The molecule has 0 unspecified atom stereocenters. The van der Waals surface area contributed by atoms with Gasteiger partial charge in [0.1, 0.15) is 5.78 Å². The van der Waals surface area contributed by atoms with Crippen molar-refractivity contribution >= 4 is 44.2 Å². The molecule has 4 heteroatoms. The van der Waals surface area contributed by atoms with Crippen LogP contribution in [-0.4, -0.2) is 16.1 Å². The van der Waals surface area contributed by atoms with Crippen molar-refractivity contribution in [3.8, 4) is 0 Å². The molecular formula is C12H9BrClNO. The number of benzene rings is 1. The van der Waals surface area contributed by atoms with Crippen molar-refractivity contribution in [2.24, 2.45) is 0 Å². The molecule has 0 saturated heterocycles. The molecule has 0 spiro atoms. The minimum atomic E-state index is 0.161. The molecule has 1 heterocycles. The Morgan fingerprint density at radius 2 is 2.19 bits per heavy atom. The molecule has 0 fully saturated rings. The number of ketones is 1. The Labute approximate surface area is 107 Å². The quantitative estimate of drug-likeness (QED) is 0.813. The van der Waals surface area contributed by atoms with E-state index in [0.29, 0.717) is 16.8 Å². The van der Waals surface area contributed by atoms with Crippen LogP contribution in [0.25, 0.3) is 10.9 Å². The van der Waals surface area contributed by atoms with Crippen LogP contribution in [0, 0.1) is 0 Å². The van der Waals surface area contributed by atoms with Gasteiger partial charge in [-0.1, -0.05) is 33.6 Å². The zero-order valence-corrected chi connectivity index (χ0v) is 10.8. The van der Waals surface area contributed by atoms with Crippen molar-refractivity contribution in [2.75, 3.05) is 5.33 Å². The molecule has 0 aliphatic carbocycles. The van der Waals surface area contributed by atoms with Crippen LogP contribution in [0.2, 0.25) is 5.02 Å². The largest absolute Gasteiger partial charge is 0.298 e. The zero-order chi connectivity index (χ0) is 11.5. The van der Waals surface area contributed by atoms with Gasteiger partial charge in [-0.2, -0.15) is 0 Å². The number of Topliss-reactive ketones (excluding diaryl/α,β-unsaturated/α-hetero) is 1. The molecule has 2 nitrogen and oxygen atoms in total. The van der Waals surface area contributed by atoms with Gasteiger partial charge in [0, 0.05) is 18.0 Å². The summed E-state index contributed by atoms with van der Waals surface area (Å²) in [6, 6.07) is 7.63. The number of nitrogens with zero attached hydrogens (tertiary/aromatic N) is 1. The SMILES string of the molecule is O=C(CBr)Cc1ccc2ncc(Cl)cc2c1. The summed E-state index contributed by atoms with van der Waals surface area (Å²) in [5.74, 6) is 0.161. The van der Waals surface area contributed by atoms with Crippen LogP contribution in [-0.2, 0) is 11.2 Å². The standard InChI is InChI=1S/C12H9BrClNO/c13-6-11(16)4-8-1-2-12-9(3-8)5-10(14)7-15-12/h1-3,5,7H,4,6H2. The summed E-state index contributed by atoms with van der Waals surface area (Å²) in [4.78, 5) is 15.5. The van der Waals surface area contributed by atoms with Crippen LogP contribution in [0.15, 0.2) is 30.5 Å². The first kappa shape index (κ1) is 11.6. The first-order chi connectivity index (χ1) is 7.69. The number of fused-ring (bicyclic) bond motifs is 1. The van der Waals surface area contributed by atoms with Crippen molar-refractivity contribution < 1.29 is 4.79 Å². The number of aromatic nitrogens is 1. The van der Waals surface area contributed by atoms with Crippen molar-refractivity contribution in [1.29, 1.82) is 0 Å². The van der Waals surface area contributed by atoms with E-state index in [1.165, 1.54) is 0 Å². The number of alkyl halides is 1.